The summed E-state index contributed by atoms with van der Waals surface area (Å²) in [6.07, 6.45) is 2.81. The fraction of sp³-hybridized carbons (Fsp3) is 0.458. The summed E-state index contributed by atoms with van der Waals surface area (Å²) in [6, 6.07) is 7.81. The van der Waals surface area contributed by atoms with Gasteiger partial charge in [-0.2, -0.15) is 0 Å². The zero-order valence-electron chi connectivity index (χ0n) is 18.9. The number of para-hydroxylation sites is 1. The van der Waals surface area contributed by atoms with E-state index >= 15 is 0 Å². The van der Waals surface area contributed by atoms with Crippen molar-refractivity contribution in [1.82, 2.24) is 14.5 Å². The predicted molar refractivity (Wildman–Crippen MR) is 118 cm³/mol. The van der Waals surface area contributed by atoms with Crippen molar-refractivity contribution < 1.29 is 14.3 Å². The van der Waals surface area contributed by atoms with Crippen molar-refractivity contribution in [3.8, 4) is 5.88 Å². The standard InChI is InChI=1S/C24H31N3O3/c1-15(2)12-19-16(3)25-22(29-7)20(26-19)13-17-14-27(23(28)30-24(4,5)6)21-11-9-8-10-18(17)21/h8-11,14-15H,12-13H2,1-7H3. The van der Waals surface area contributed by atoms with Crippen molar-refractivity contribution in [2.24, 2.45) is 5.92 Å². The van der Waals surface area contributed by atoms with Gasteiger partial charge in [0, 0.05) is 18.0 Å². The average molecular weight is 410 g/mol. The van der Waals surface area contributed by atoms with E-state index in [1.807, 2.05) is 58.2 Å². The Bertz CT molecular complexity index is 1060. The van der Waals surface area contributed by atoms with Crippen molar-refractivity contribution in [2.45, 2.75) is 60.0 Å². The first-order valence-electron chi connectivity index (χ1n) is 10.3. The largest absolute Gasteiger partial charge is 0.480 e. The van der Waals surface area contributed by atoms with E-state index in [0.29, 0.717) is 18.2 Å². The van der Waals surface area contributed by atoms with Crippen LogP contribution in [0.5, 0.6) is 5.88 Å². The van der Waals surface area contributed by atoms with Crippen molar-refractivity contribution >= 4 is 17.0 Å². The minimum Gasteiger partial charge on any atom is -0.480 e. The maximum Gasteiger partial charge on any atom is 0.419 e. The first-order chi connectivity index (χ1) is 14.1. The molecular weight excluding hydrogens is 378 g/mol. The summed E-state index contributed by atoms with van der Waals surface area (Å²) in [5.41, 5.74) is 3.86. The monoisotopic (exact) mass is 409 g/mol. The maximum atomic E-state index is 12.8. The van der Waals surface area contributed by atoms with Gasteiger partial charge in [-0.1, -0.05) is 32.0 Å². The zero-order valence-corrected chi connectivity index (χ0v) is 18.9. The van der Waals surface area contributed by atoms with E-state index in [1.54, 1.807) is 11.7 Å². The van der Waals surface area contributed by atoms with Gasteiger partial charge in [0.15, 0.2) is 0 Å². The molecule has 0 atom stereocenters. The normalized spacial score (nSPS) is 11.9. The number of fused-ring (bicyclic) bond motifs is 1. The Balaban J connectivity index is 2.05. The molecular formula is C24H31N3O3. The fourth-order valence-corrected chi connectivity index (χ4v) is 3.47. The lowest BCUT2D eigenvalue weighted by atomic mass is 10.0. The van der Waals surface area contributed by atoms with Gasteiger partial charge in [-0.15, -0.1) is 0 Å². The molecule has 0 radical (unpaired) electrons. The summed E-state index contributed by atoms with van der Waals surface area (Å²) in [5, 5.41) is 0.984. The van der Waals surface area contributed by atoms with E-state index in [0.717, 1.165) is 40.0 Å². The summed E-state index contributed by atoms with van der Waals surface area (Å²) < 4.78 is 12.7. The van der Waals surface area contributed by atoms with Gasteiger partial charge in [-0.25, -0.2) is 14.8 Å². The minimum atomic E-state index is -0.569. The number of carbonyl (C=O) groups is 1. The Morgan fingerprint density at radius 3 is 2.47 bits per heavy atom. The highest BCUT2D eigenvalue weighted by Gasteiger charge is 2.22. The molecule has 0 aliphatic carbocycles. The lowest BCUT2D eigenvalue weighted by Gasteiger charge is -2.19. The van der Waals surface area contributed by atoms with E-state index < -0.39 is 11.7 Å². The molecule has 0 aliphatic heterocycles. The Labute approximate surface area is 178 Å². The van der Waals surface area contributed by atoms with Gasteiger partial charge in [-0.3, -0.25) is 4.57 Å². The van der Waals surface area contributed by atoms with Crippen LogP contribution < -0.4 is 4.74 Å². The third-order valence-electron chi connectivity index (χ3n) is 4.74. The highest BCUT2D eigenvalue weighted by molar-refractivity contribution is 5.92. The van der Waals surface area contributed by atoms with Crippen LogP contribution in [-0.2, 0) is 17.6 Å². The summed E-state index contributed by atoms with van der Waals surface area (Å²) >= 11 is 0. The molecule has 2 heterocycles. The van der Waals surface area contributed by atoms with Crippen LogP contribution >= 0.6 is 0 Å². The lowest BCUT2D eigenvalue weighted by molar-refractivity contribution is 0.0544. The quantitative estimate of drug-likeness (QED) is 0.570. The molecule has 6 heteroatoms. The number of aryl methyl sites for hydroxylation is 1. The van der Waals surface area contributed by atoms with Crippen molar-refractivity contribution in [3.05, 3.63) is 53.1 Å². The highest BCUT2D eigenvalue weighted by Crippen LogP contribution is 2.27. The van der Waals surface area contributed by atoms with Gasteiger partial charge in [0.2, 0.25) is 5.88 Å². The second-order valence-electron chi connectivity index (χ2n) is 9.01. The van der Waals surface area contributed by atoms with Crippen LogP contribution in [0.2, 0.25) is 0 Å². The minimum absolute atomic E-state index is 0.396. The van der Waals surface area contributed by atoms with Gasteiger partial charge in [0.05, 0.1) is 24.0 Å². The third kappa shape index (κ3) is 4.81. The van der Waals surface area contributed by atoms with Gasteiger partial charge in [0.25, 0.3) is 0 Å². The molecule has 0 aliphatic rings. The van der Waals surface area contributed by atoms with Gasteiger partial charge < -0.3 is 9.47 Å². The zero-order chi connectivity index (χ0) is 22.1. The van der Waals surface area contributed by atoms with Gasteiger partial charge in [-0.05, 0) is 51.7 Å². The number of hydrogen-bond acceptors (Lipinski definition) is 5. The predicted octanol–water partition coefficient (Wildman–Crippen LogP) is 5.32. The molecule has 6 nitrogen and oxygen atoms in total. The molecule has 30 heavy (non-hydrogen) atoms. The molecule has 3 rings (SSSR count). The molecule has 0 saturated carbocycles. The molecule has 1 aromatic carbocycles. The number of rotatable bonds is 5. The second kappa shape index (κ2) is 8.46. The lowest BCUT2D eigenvalue weighted by Crippen LogP contribution is -2.26. The van der Waals surface area contributed by atoms with Crippen LogP contribution in [0.25, 0.3) is 10.9 Å². The molecule has 0 N–H and O–H groups in total. The van der Waals surface area contributed by atoms with Crippen LogP contribution in [0.15, 0.2) is 30.5 Å². The third-order valence-corrected chi connectivity index (χ3v) is 4.74. The topological polar surface area (TPSA) is 66.2 Å². The SMILES string of the molecule is COc1nc(C)c(CC(C)C)nc1Cc1cn(C(=O)OC(C)(C)C)c2ccccc12. The van der Waals surface area contributed by atoms with Gasteiger partial charge >= 0.3 is 6.09 Å². The number of carbonyl (C=O) groups excluding carboxylic acids is 1. The van der Waals surface area contributed by atoms with E-state index in [9.17, 15) is 4.79 Å². The van der Waals surface area contributed by atoms with Crippen molar-refractivity contribution in [1.29, 1.82) is 0 Å². The van der Waals surface area contributed by atoms with Crippen LogP contribution in [-0.4, -0.2) is 33.3 Å². The Kier molecular flexibility index (Phi) is 6.15. The first-order valence-corrected chi connectivity index (χ1v) is 10.3. The number of methoxy groups -OCH3 is 1. The molecule has 0 saturated heterocycles. The van der Waals surface area contributed by atoms with E-state index in [-0.39, 0.29) is 0 Å². The van der Waals surface area contributed by atoms with E-state index in [4.69, 9.17) is 14.5 Å². The smallest absolute Gasteiger partial charge is 0.419 e. The van der Waals surface area contributed by atoms with Crippen molar-refractivity contribution in [2.75, 3.05) is 7.11 Å². The van der Waals surface area contributed by atoms with E-state index in [2.05, 4.69) is 18.8 Å². The number of benzene rings is 1. The Morgan fingerprint density at radius 1 is 1.13 bits per heavy atom. The van der Waals surface area contributed by atoms with Crippen LogP contribution in [0.3, 0.4) is 0 Å². The summed E-state index contributed by atoms with van der Waals surface area (Å²) in [6.45, 7) is 11.9. The second-order valence-corrected chi connectivity index (χ2v) is 9.01. The molecule has 0 unspecified atom stereocenters. The molecule has 3 aromatic rings. The number of hydrogen-bond donors (Lipinski definition) is 0. The summed E-state index contributed by atoms with van der Waals surface area (Å²) in [7, 11) is 1.61. The van der Waals surface area contributed by atoms with Crippen LogP contribution in [0.1, 0.15) is 57.3 Å². The first kappa shape index (κ1) is 21.8. The number of ether oxygens (including phenoxy) is 2. The van der Waals surface area contributed by atoms with Gasteiger partial charge in [0.1, 0.15) is 11.3 Å². The highest BCUT2D eigenvalue weighted by atomic mass is 16.6. The molecule has 0 spiro atoms. The molecule has 0 amide bonds. The Morgan fingerprint density at radius 2 is 1.83 bits per heavy atom. The average Bonchev–Trinajstić information content (AvgIpc) is 3.01. The summed E-state index contributed by atoms with van der Waals surface area (Å²) in [4.78, 5) is 22.3. The number of nitrogens with zero attached hydrogens (tertiary/aromatic N) is 3. The van der Waals surface area contributed by atoms with Crippen LogP contribution in [0, 0.1) is 12.8 Å². The molecule has 2 aromatic heterocycles. The number of aromatic nitrogens is 3. The van der Waals surface area contributed by atoms with Crippen molar-refractivity contribution in [3.63, 3.8) is 0 Å². The van der Waals surface area contributed by atoms with Crippen LogP contribution in [0.4, 0.5) is 4.79 Å². The van der Waals surface area contributed by atoms with E-state index in [1.165, 1.54) is 0 Å². The molecule has 160 valence electrons. The molecule has 0 fully saturated rings. The fourth-order valence-electron chi connectivity index (χ4n) is 3.47. The molecule has 0 bridgehead atoms. The Hall–Kier alpha value is -2.89. The summed E-state index contributed by atoms with van der Waals surface area (Å²) in [5.74, 6) is 1.00. The maximum absolute atomic E-state index is 12.8.